The number of hydrogen-bond donors (Lipinski definition) is 0. The lowest BCUT2D eigenvalue weighted by Gasteiger charge is -1.94. The Morgan fingerprint density at radius 2 is 1.40 bits per heavy atom. The van der Waals surface area contributed by atoms with Crippen molar-refractivity contribution < 1.29 is 17.3 Å². The summed E-state index contributed by atoms with van der Waals surface area (Å²) in [5.74, 6) is 0.634. The molecule has 0 fully saturated rings. The Balaban J connectivity index is 0. The number of hydrogen-bond acceptors (Lipinski definition) is 0. The molecular formula is C5H11BF4-. The minimum absolute atomic E-state index is 0.634. The minimum Gasteiger partial charge on any atom is -0.418 e. The van der Waals surface area contributed by atoms with Crippen LogP contribution < -0.4 is 0 Å². The van der Waals surface area contributed by atoms with Crippen LogP contribution in [0.3, 0.4) is 0 Å². The fourth-order valence-electron chi connectivity index (χ4n) is 0. The zero-order valence-electron chi connectivity index (χ0n) is 6.08. The smallest absolute Gasteiger partial charge is 0.418 e. The molecule has 10 heavy (non-hydrogen) atoms. The van der Waals surface area contributed by atoms with Gasteiger partial charge in [0, 0.05) is 0 Å². The molecule has 0 aliphatic heterocycles. The van der Waals surface area contributed by atoms with Gasteiger partial charge in [0.05, 0.1) is 0 Å². The van der Waals surface area contributed by atoms with E-state index in [0.29, 0.717) is 5.92 Å². The average Bonchev–Trinajstić information content (AvgIpc) is 1.61. The van der Waals surface area contributed by atoms with E-state index < -0.39 is 7.25 Å². The van der Waals surface area contributed by atoms with Crippen molar-refractivity contribution in [3.63, 3.8) is 0 Å². The van der Waals surface area contributed by atoms with Gasteiger partial charge in [-0.1, -0.05) is 27.2 Å². The second kappa shape index (κ2) is 5.56. The zero-order valence-corrected chi connectivity index (χ0v) is 6.08. The molecule has 0 aliphatic rings. The topological polar surface area (TPSA) is 0 Å². The maximum atomic E-state index is 9.75. The van der Waals surface area contributed by atoms with Gasteiger partial charge < -0.3 is 17.3 Å². The van der Waals surface area contributed by atoms with E-state index in [0.717, 1.165) is 0 Å². The van der Waals surface area contributed by atoms with Crippen LogP contribution in [0, 0.1) is 12.8 Å². The normalized spacial score (nSPS) is 10.8. The largest absolute Gasteiger partial charge is 0.673 e. The van der Waals surface area contributed by atoms with E-state index in [9.17, 15) is 17.3 Å². The van der Waals surface area contributed by atoms with Crippen LogP contribution in [0.2, 0.25) is 0 Å². The van der Waals surface area contributed by atoms with Gasteiger partial charge in [-0.05, 0) is 5.92 Å². The third kappa shape index (κ3) is 112. The second-order valence-corrected chi connectivity index (χ2v) is 2.01. The molecule has 5 heteroatoms. The van der Waals surface area contributed by atoms with Crippen LogP contribution in [0.15, 0.2) is 0 Å². The quantitative estimate of drug-likeness (QED) is 0.406. The van der Waals surface area contributed by atoms with Crippen molar-refractivity contribution in [1.82, 2.24) is 0 Å². The Kier molecular flexibility index (Phi) is 6.93. The Morgan fingerprint density at radius 3 is 1.40 bits per heavy atom. The third-order valence-electron chi connectivity index (χ3n) is 0.697. The van der Waals surface area contributed by atoms with Crippen LogP contribution in [0.25, 0.3) is 0 Å². The van der Waals surface area contributed by atoms with Crippen molar-refractivity contribution in [2.45, 2.75) is 20.3 Å². The van der Waals surface area contributed by atoms with Crippen LogP contribution in [0.1, 0.15) is 20.3 Å². The maximum absolute atomic E-state index is 9.75. The van der Waals surface area contributed by atoms with Gasteiger partial charge in [0.1, 0.15) is 0 Å². The molecule has 0 spiro atoms. The van der Waals surface area contributed by atoms with E-state index in [1.54, 1.807) is 0 Å². The SMILES string of the molecule is F[B-](F)(F)F.[CH2]C(C)CC. The first-order valence-corrected chi connectivity index (χ1v) is 2.97. The summed E-state index contributed by atoms with van der Waals surface area (Å²) in [6.45, 7) is 8.00. The van der Waals surface area contributed by atoms with E-state index in [1.807, 2.05) is 0 Å². The van der Waals surface area contributed by atoms with Gasteiger partial charge in [0.25, 0.3) is 0 Å². The fourth-order valence-corrected chi connectivity index (χ4v) is 0. The van der Waals surface area contributed by atoms with Crippen molar-refractivity contribution in [2.75, 3.05) is 0 Å². The lowest BCUT2D eigenvalue weighted by atomic mass is 10.2. The van der Waals surface area contributed by atoms with E-state index >= 15 is 0 Å². The number of halogens is 4. The fraction of sp³-hybridized carbons (Fsp3) is 0.800. The molecule has 0 amide bonds. The number of rotatable bonds is 1. The Labute approximate surface area is 58.7 Å². The molecule has 1 radical (unpaired) electrons. The standard InChI is InChI=1S/C5H11.BF4/c1-4-5(2)3;2-1(3,4)5/h5H,2,4H2,1,3H3;/q;-1. The highest BCUT2D eigenvalue weighted by molar-refractivity contribution is 6.50. The summed E-state index contributed by atoms with van der Waals surface area (Å²) in [6.07, 6.45) is 1.19. The molecule has 0 N–H and O–H groups in total. The van der Waals surface area contributed by atoms with E-state index in [-0.39, 0.29) is 0 Å². The molecule has 0 nitrogen and oxygen atoms in total. The van der Waals surface area contributed by atoms with Crippen molar-refractivity contribution in [3.05, 3.63) is 6.92 Å². The molecule has 63 valence electrons. The van der Waals surface area contributed by atoms with Crippen LogP contribution in [0.4, 0.5) is 17.3 Å². The van der Waals surface area contributed by atoms with E-state index in [1.165, 1.54) is 6.42 Å². The van der Waals surface area contributed by atoms with E-state index in [4.69, 9.17) is 0 Å². The Morgan fingerprint density at radius 1 is 1.30 bits per heavy atom. The highest BCUT2D eigenvalue weighted by atomic mass is 19.5. The summed E-state index contributed by atoms with van der Waals surface area (Å²) in [4.78, 5) is 0. The lowest BCUT2D eigenvalue weighted by Crippen LogP contribution is -2.02. The first-order valence-electron chi connectivity index (χ1n) is 2.97. The first-order chi connectivity index (χ1) is 4.27. The molecule has 0 saturated carbocycles. The molecule has 0 aromatic carbocycles. The van der Waals surface area contributed by atoms with Crippen LogP contribution in [-0.4, -0.2) is 7.25 Å². The summed E-state index contributed by atoms with van der Waals surface area (Å²) in [7, 11) is -6.00. The molecule has 0 heterocycles. The molecule has 0 saturated heterocycles. The lowest BCUT2D eigenvalue weighted by molar-refractivity contribution is 0.368. The van der Waals surface area contributed by atoms with Gasteiger partial charge in [-0.25, -0.2) is 0 Å². The second-order valence-electron chi connectivity index (χ2n) is 2.01. The van der Waals surface area contributed by atoms with Crippen molar-refractivity contribution in [3.8, 4) is 0 Å². The van der Waals surface area contributed by atoms with Crippen LogP contribution in [0.5, 0.6) is 0 Å². The van der Waals surface area contributed by atoms with Gasteiger partial charge in [-0.2, -0.15) is 0 Å². The van der Waals surface area contributed by atoms with Crippen molar-refractivity contribution >= 4 is 7.25 Å². The summed E-state index contributed by atoms with van der Waals surface area (Å²) in [5, 5.41) is 0. The Bertz CT molecular complexity index is 62.5. The summed E-state index contributed by atoms with van der Waals surface area (Å²) < 4.78 is 39.0. The molecule has 1 unspecified atom stereocenters. The summed E-state index contributed by atoms with van der Waals surface area (Å²) >= 11 is 0. The first kappa shape index (κ1) is 12.5. The predicted molar refractivity (Wildman–Crippen MR) is 35.0 cm³/mol. The molecule has 0 rings (SSSR count). The molecular weight excluding hydrogens is 147 g/mol. The molecule has 1 atom stereocenters. The highest BCUT2D eigenvalue weighted by Crippen LogP contribution is 2.06. The van der Waals surface area contributed by atoms with Crippen LogP contribution in [-0.2, 0) is 0 Å². The van der Waals surface area contributed by atoms with Gasteiger partial charge >= 0.3 is 7.25 Å². The van der Waals surface area contributed by atoms with E-state index in [2.05, 4.69) is 20.8 Å². The highest BCUT2D eigenvalue weighted by Gasteiger charge is 2.20. The molecule has 0 aliphatic carbocycles. The van der Waals surface area contributed by atoms with Gasteiger partial charge in [-0.3, -0.25) is 0 Å². The van der Waals surface area contributed by atoms with Gasteiger partial charge in [-0.15, -0.1) is 0 Å². The van der Waals surface area contributed by atoms with Gasteiger partial charge in [0.15, 0.2) is 0 Å². The van der Waals surface area contributed by atoms with Crippen molar-refractivity contribution in [1.29, 1.82) is 0 Å². The van der Waals surface area contributed by atoms with Crippen molar-refractivity contribution in [2.24, 2.45) is 5.92 Å². The average molecular weight is 158 g/mol. The zero-order chi connectivity index (χ0) is 8.78. The monoisotopic (exact) mass is 158 g/mol. The summed E-state index contributed by atoms with van der Waals surface area (Å²) in [5.41, 5.74) is 0. The third-order valence-corrected chi connectivity index (χ3v) is 0.697. The Hall–Kier alpha value is -0.215. The molecule has 0 aromatic rings. The van der Waals surface area contributed by atoms with Gasteiger partial charge in [0.2, 0.25) is 0 Å². The maximum Gasteiger partial charge on any atom is 0.673 e. The minimum atomic E-state index is -6.00. The van der Waals surface area contributed by atoms with Crippen LogP contribution >= 0.6 is 0 Å². The molecule has 0 aromatic heterocycles. The molecule has 0 bridgehead atoms. The summed E-state index contributed by atoms with van der Waals surface area (Å²) in [6, 6.07) is 0. The predicted octanol–water partition coefficient (Wildman–Crippen LogP) is 3.17.